The Bertz CT molecular complexity index is 611. The highest BCUT2D eigenvalue weighted by Crippen LogP contribution is 2.18. The Labute approximate surface area is 105 Å². The minimum Gasteiger partial charge on any atom is -0.477 e. The number of para-hydroxylation sites is 1. The van der Waals surface area contributed by atoms with Gasteiger partial charge in [-0.15, -0.1) is 0 Å². The molecule has 0 atom stereocenters. The molecule has 0 saturated heterocycles. The summed E-state index contributed by atoms with van der Waals surface area (Å²) in [5.74, 6) is -2.99. The number of esters is 1. The molecule has 0 fully saturated rings. The van der Waals surface area contributed by atoms with Crippen molar-refractivity contribution in [2.24, 2.45) is 0 Å². The molecule has 0 aliphatic carbocycles. The van der Waals surface area contributed by atoms with Gasteiger partial charge < -0.3 is 9.84 Å². The fourth-order valence-corrected chi connectivity index (χ4v) is 1.72. The van der Waals surface area contributed by atoms with Crippen molar-refractivity contribution in [1.29, 1.82) is 0 Å². The number of benzene rings is 1. The van der Waals surface area contributed by atoms with Crippen LogP contribution in [-0.2, 0) is 0 Å². The predicted molar refractivity (Wildman–Crippen MR) is 60.4 cm³/mol. The van der Waals surface area contributed by atoms with Crippen LogP contribution >= 0.6 is 11.5 Å². The van der Waals surface area contributed by atoms with Gasteiger partial charge in [0.05, 0.1) is 0 Å². The number of carbonyl (C=O) groups excluding carboxylic acids is 1. The minimum absolute atomic E-state index is 0.0875. The largest absolute Gasteiger partial charge is 0.477 e. The lowest BCUT2D eigenvalue weighted by Gasteiger charge is -2.02. The third-order valence-corrected chi connectivity index (χ3v) is 2.75. The van der Waals surface area contributed by atoms with Crippen molar-refractivity contribution in [3.63, 3.8) is 0 Å². The number of nitrogens with zero attached hydrogens (tertiary/aromatic N) is 1. The molecule has 0 saturated carbocycles. The van der Waals surface area contributed by atoms with Gasteiger partial charge in [-0.1, -0.05) is 12.1 Å². The summed E-state index contributed by atoms with van der Waals surface area (Å²) in [6.07, 6.45) is 0. The van der Waals surface area contributed by atoms with E-state index in [0.717, 1.165) is 12.1 Å². The standard InChI is InChI=1S/C11H6FNO4S/c12-6-3-1-2-4-8(6)17-11(16)7-5-9(10(14)15)18-13-7/h1-5H,(H,14,15). The Morgan fingerprint density at radius 1 is 1.33 bits per heavy atom. The fourth-order valence-electron chi connectivity index (χ4n) is 1.15. The van der Waals surface area contributed by atoms with E-state index in [0.29, 0.717) is 11.5 Å². The van der Waals surface area contributed by atoms with E-state index in [4.69, 9.17) is 9.84 Å². The normalized spacial score (nSPS) is 10.1. The van der Waals surface area contributed by atoms with Gasteiger partial charge in [0.25, 0.3) is 0 Å². The van der Waals surface area contributed by atoms with Gasteiger partial charge in [0.1, 0.15) is 4.88 Å². The lowest BCUT2D eigenvalue weighted by molar-refractivity contribution is 0.0702. The van der Waals surface area contributed by atoms with E-state index in [1.807, 2.05) is 0 Å². The number of hydrogen-bond donors (Lipinski definition) is 1. The Kier molecular flexibility index (Phi) is 3.33. The van der Waals surface area contributed by atoms with Crippen LogP contribution in [0.2, 0.25) is 0 Å². The van der Waals surface area contributed by atoms with Gasteiger partial charge in [-0.2, -0.15) is 4.37 Å². The van der Waals surface area contributed by atoms with Crippen molar-refractivity contribution >= 4 is 23.5 Å². The van der Waals surface area contributed by atoms with Crippen LogP contribution in [0.25, 0.3) is 0 Å². The molecule has 7 heteroatoms. The summed E-state index contributed by atoms with van der Waals surface area (Å²) < 4.78 is 21.6. The van der Waals surface area contributed by atoms with Gasteiger partial charge in [-0.3, -0.25) is 0 Å². The highest BCUT2D eigenvalue weighted by molar-refractivity contribution is 7.08. The average Bonchev–Trinajstić information content (AvgIpc) is 2.81. The number of aromatic nitrogens is 1. The molecule has 0 aliphatic rings. The summed E-state index contributed by atoms with van der Waals surface area (Å²) in [5, 5.41) is 8.67. The molecule has 2 rings (SSSR count). The zero-order valence-corrected chi connectivity index (χ0v) is 9.61. The third-order valence-electron chi connectivity index (χ3n) is 1.97. The first-order valence-electron chi connectivity index (χ1n) is 4.74. The topological polar surface area (TPSA) is 76.5 Å². The highest BCUT2D eigenvalue weighted by atomic mass is 32.1. The van der Waals surface area contributed by atoms with E-state index in [2.05, 4.69) is 4.37 Å². The molecule has 1 N–H and O–H groups in total. The summed E-state index contributed by atoms with van der Waals surface area (Å²) in [7, 11) is 0. The van der Waals surface area contributed by atoms with Crippen LogP contribution in [-0.4, -0.2) is 21.4 Å². The number of hydrogen-bond acceptors (Lipinski definition) is 5. The van der Waals surface area contributed by atoms with E-state index < -0.39 is 17.8 Å². The maximum atomic E-state index is 13.2. The first-order chi connectivity index (χ1) is 8.58. The van der Waals surface area contributed by atoms with E-state index in [1.165, 1.54) is 18.2 Å². The van der Waals surface area contributed by atoms with Crippen molar-refractivity contribution in [3.05, 3.63) is 46.7 Å². The van der Waals surface area contributed by atoms with Gasteiger partial charge >= 0.3 is 11.9 Å². The van der Waals surface area contributed by atoms with E-state index in [-0.39, 0.29) is 16.3 Å². The zero-order valence-electron chi connectivity index (χ0n) is 8.79. The Balaban J connectivity index is 2.17. The summed E-state index contributed by atoms with van der Waals surface area (Å²) in [5.41, 5.74) is -0.166. The Morgan fingerprint density at radius 3 is 2.67 bits per heavy atom. The molecule has 0 aliphatic heterocycles. The molecule has 0 radical (unpaired) electrons. The molecular formula is C11H6FNO4S. The smallest absolute Gasteiger partial charge is 0.363 e. The van der Waals surface area contributed by atoms with Crippen LogP contribution in [0.3, 0.4) is 0 Å². The van der Waals surface area contributed by atoms with Crippen molar-refractivity contribution < 1.29 is 23.8 Å². The molecule has 2 aromatic rings. The number of aromatic carboxylic acids is 1. The second-order valence-electron chi connectivity index (χ2n) is 3.20. The maximum absolute atomic E-state index is 13.2. The predicted octanol–water partition coefficient (Wildman–Crippen LogP) is 2.20. The van der Waals surface area contributed by atoms with Crippen molar-refractivity contribution in [3.8, 4) is 5.75 Å². The summed E-state index contributed by atoms with van der Waals surface area (Å²) in [6, 6.07) is 6.48. The van der Waals surface area contributed by atoms with Gasteiger partial charge in [0.15, 0.2) is 17.3 Å². The van der Waals surface area contributed by atoms with Crippen LogP contribution < -0.4 is 4.74 Å². The minimum atomic E-state index is -1.18. The first kappa shape index (κ1) is 12.2. The lowest BCUT2D eigenvalue weighted by atomic mass is 10.3. The number of ether oxygens (including phenoxy) is 1. The van der Waals surface area contributed by atoms with E-state index >= 15 is 0 Å². The summed E-state index contributed by atoms with van der Waals surface area (Å²) in [4.78, 5) is 22.1. The van der Waals surface area contributed by atoms with Crippen LogP contribution in [0.5, 0.6) is 5.75 Å². The molecule has 0 spiro atoms. The van der Waals surface area contributed by atoms with Crippen LogP contribution in [0.4, 0.5) is 4.39 Å². The highest BCUT2D eigenvalue weighted by Gasteiger charge is 2.17. The molecule has 0 amide bonds. The van der Waals surface area contributed by atoms with Crippen molar-refractivity contribution in [2.75, 3.05) is 0 Å². The summed E-state index contributed by atoms with van der Waals surface area (Å²) >= 11 is 0.657. The summed E-state index contributed by atoms with van der Waals surface area (Å²) in [6.45, 7) is 0. The van der Waals surface area contributed by atoms with Gasteiger partial charge in [-0.05, 0) is 29.7 Å². The maximum Gasteiger partial charge on any atom is 0.363 e. The molecule has 5 nitrogen and oxygen atoms in total. The zero-order chi connectivity index (χ0) is 13.1. The van der Waals surface area contributed by atoms with Gasteiger partial charge in [-0.25, -0.2) is 14.0 Å². The van der Waals surface area contributed by atoms with Gasteiger partial charge in [0, 0.05) is 0 Å². The average molecular weight is 267 g/mol. The number of halogens is 1. The molecular weight excluding hydrogens is 261 g/mol. The van der Waals surface area contributed by atoms with E-state index in [1.54, 1.807) is 0 Å². The van der Waals surface area contributed by atoms with E-state index in [9.17, 15) is 14.0 Å². The second kappa shape index (κ2) is 4.92. The Hall–Kier alpha value is -2.28. The molecule has 1 aromatic heterocycles. The van der Waals surface area contributed by atoms with Crippen LogP contribution in [0, 0.1) is 5.82 Å². The fraction of sp³-hybridized carbons (Fsp3) is 0. The SMILES string of the molecule is O=C(Oc1ccccc1F)c1cc(C(=O)O)sn1. The second-order valence-corrected chi connectivity index (χ2v) is 4.01. The number of carboxylic acid groups (broad SMARTS) is 1. The number of carbonyl (C=O) groups is 2. The van der Waals surface area contributed by atoms with Crippen molar-refractivity contribution in [2.45, 2.75) is 0 Å². The monoisotopic (exact) mass is 267 g/mol. The van der Waals surface area contributed by atoms with Gasteiger partial charge in [0.2, 0.25) is 0 Å². The number of carboxylic acids is 1. The third kappa shape index (κ3) is 2.51. The molecule has 1 heterocycles. The molecule has 92 valence electrons. The number of rotatable bonds is 3. The molecule has 0 unspecified atom stereocenters. The van der Waals surface area contributed by atoms with Crippen molar-refractivity contribution in [1.82, 2.24) is 4.37 Å². The first-order valence-corrected chi connectivity index (χ1v) is 5.52. The Morgan fingerprint density at radius 2 is 2.06 bits per heavy atom. The molecule has 1 aromatic carbocycles. The lowest BCUT2D eigenvalue weighted by Crippen LogP contribution is -2.09. The molecule has 0 bridgehead atoms. The molecule has 18 heavy (non-hydrogen) atoms. The quantitative estimate of drug-likeness (QED) is 0.681. The van der Waals surface area contributed by atoms with Crippen LogP contribution in [0.1, 0.15) is 20.2 Å². The van der Waals surface area contributed by atoms with Crippen LogP contribution in [0.15, 0.2) is 30.3 Å².